The quantitative estimate of drug-likeness (QED) is 0.248. The van der Waals surface area contributed by atoms with Crippen LogP contribution < -0.4 is 15.0 Å². The predicted octanol–water partition coefficient (Wildman–Crippen LogP) is 7.18. The smallest absolute Gasteiger partial charge is 0.404 e. The molecule has 10 heteroatoms. The summed E-state index contributed by atoms with van der Waals surface area (Å²) < 4.78 is 5.41. The number of thiazole rings is 1. The summed E-state index contributed by atoms with van der Waals surface area (Å²) in [6, 6.07) is 8.21. The van der Waals surface area contributed by atoms with Crippen LogP contribution in [0.25, 0.3) is 10.4 Å². The van der Waals surface area contributed by atoms with Crippen molar-refractivity contribution in [1.29, 1.82) is 0 Å². The van der Waals surface area contributed by atoms with E-state index in [1.807, 2.05) is 36.4 Å². The fraction of sp³-hybridized carbons (Fsp3) is 0.559. The second-order valence-corrected chi connectivity index (χ2v) is 13.9. The Bertz CT molecular complexity index is 1460. The van der Waals surface area contributed by atoms with Gasteiger partial charge in [0.2, 0.25) is 5.91 Å². The van der Waals surface area contributed by atoms with E-state index in [4.69, 9.17) is 19.8 Å². The van der Waals surface area contributed by atoms with Crippen LogP contribution in [0.1, 0.15) is 92.4 Å². The first-order valence-corrected chi connectivity index (χ1v) is 16.9. The lowest BCUT2D eigenvalue weighted by Gasteiger charge is -2.35. The Morgan fingerprint density at radius 3 is 2.39 bits per heavy atom. The molecule has 234 valence electrons. The second-order valence-electron chi connectivity index (χ2n) is 12.8. The van der Waals surface area contributed by atoms with Crippen LogP contribution >= 0.6 is 11.3 Å². The number of anilines is 1. The van der Waals surface area contributed by atoms with Crippen molar-refractivity contribution in [2.45, 2.75) is 83.0 Å². The first-order valence-electron chi connectivity index (χ1n) is 16.1. The van der Waals surface area contributed by atoms with Gasteiger partial charge in [0.25, 0.3) is 0 Å². The van der Waals surface area contributed by atoms with Crippen LogP contribution in [0.2, 0.25) is 0 Å². The molecule has 0 aliphatic heterocycles. The molecule has 0 atom stereocenters. The Morgan fingerprint density at radius 1 is 0.977 bits per heavy atom. The number of pyridine rings is 2. The number of carboxylic acid groups (broad SMARTS) is 1. The molecule has 0 saturated heterocycles. The number of hydrogen-bond donors (Lipinski definition) is 2. The van der Waals surface area contributed by atoms with Crippen molar-refractivity contribution >= 4 is 29.2 Å². The molecule has 0 aromatic carbocycles. The zero-order chi connectivity index (χ0) is 30.6. The van der Waals surface area contributed by atoms with Gasteiger partial charge >= 0.3 is 6.09 Å². The predicted molar refractivity (Wildman–Crippen MR) is 171 cm³/mol. The molecule has 9 nitrogen and oxygen atoms in total. The fourth-order valence-corrected chi connectivity index (χ4v) is 8.01. The van der Waals surface area contributed by atoms with E-state index in [1.54, 1.807) is 18.4 Å². The van der Waals surface area contributed by atoms with Gasteiger partial charge in [0.05, 0.1) is 22.7 Å². The van der Waals surface area contributed by atoms with E-state index in [1.165, 1.54) is 17.8 Å². The van der Waals surface area contributed by atoms with Crippen LogP contribution in [0.3, 0.4) is 0 Å². The van der Waals surface area contributed by atoms with E-state index in [0.29, 0.717) is 30.8 Å². The number of aromatic nitrogens is 3. The molecular weight excluding hydrogens is 574 g/mol. The molecule has 0 radical (unpaired) electrons. The van der Waals surface area contributed by atoms with E-state index in [2.05, 4.69) is 22.4 Å². The van der Waals surface area contributed by atoms with E-state index < -0.39 is 6.09 Å². The van der Waals surface area contributed by atoms with Crippen molar-refractivity contribution in [3.05, 3.63) is 53.1 Å². The van der Waals surface area contributed by atoms with Crippen molar-refractivity contribution in [2.75, 3.05) is 25.1 Å². The van der Waals surface area contributed by atoms with Crippen molar-refractivity contribution < 1.29 is 19.4 Å². The number of carbonyl (C=O) groups is 2. The molecule has 0 bridgehead atoms. The van der Waals surface area contributed by atoms with Crippen molar-refractivity contribution in [3.8, 4) is 16.2 Å². The van der Waals surface area contributed by atoms with Crippen molar-refractivity contribution in [3.63, 3.8) is 0 Å². The highest BCUT2D eigenvalue weighted by molar-refractivity contribution is 7.15. The maximum atomic E-state index is 14.2. The number of amides is 2. The minimum Gasteiger partial charge on any atom is -0.495 e. The third-order valence-corrected chi connectivity index (χ3v) is 11.0. The Hall–Kier alpha value is -3.53. The number of nitrogens with zero attached hydrogens (tertiary/aromatic N) is 4. The molecule has 3 aromatic rings. The first kappa shape index (κ1) is 30.5. The summed E-state index contributed by atoms with van der Waals surface area (Å²) in [5.74, 6) is 3.32. The summed E-state index contributed by atoms with van der Waals surface area (Å²) >= 11 is 1.75. The third-order valence-electron chi connectivity index (χ3n) is 9.75. The van der Waals surface area contributed by atoms with Crippen molar-refractivity contribution in [1.82, 2.24) is 20.3 Å². The van der Waals surface area contributed by atoms with Gasteiger partial charge in [0, 0.05) is 48.9 Å². The van der Waals surface area contributed by atoms with Crippen LogP contribution in [0.15, 0.2) is 36.7 Å². The first-order chi connectivity index (χ1) is 21.4. The van der Waals surface area contributed by atoms with Gasteiger partial charge in [-0.2, -0.15) is 0 Å². The highest BCUT2D eigenvalue weighted by Gasteiger charge is 2.34. The number of aryl methyl sites for hydroxylation is 1. The minimum atomic E-state index is -0.988. The van der Waals surface area contributed by atoms with E-state index in [0.717, 1.165) is 84.8 Å². The molecule has 44 heavy (non-hydrogen) atoms. The number of methoxy groups -OCH3 is 1. The molecule has 3 fully saturated rings. The lowest BCUT2D eigenvalue weighted by atomic mass is 9.79. The van der Waals surface area contributed by atoms with Crippen LogP contribution in [-0.4, -0.2) is 52.3 Å². The van der Waals surface area contributed by atoms with Gasteiger partial charge in [0.1, 0.15) is 11.6 Å². The standard InChI is InChI=1S/C34H43N5O4S/c1-21-29(43-2)14-13-28(38-21)24-7-5-23(6-8-24)20-39(33(40)26-9-3-22(4-10-26)18-37-34(41)42)31-17-27(15-16-35-31)30-19-36-32(44-30)25-11-12-25/h13-17,19,22-26,37H,3-12,18,20H2,1-2H3,(H,41,42). The SMILES string of the molecule is COc1ccc(C2CCC(CN(C(=O)C3CCC(CNC(=O)O)CC3)c3cc(-c4cnc(C5CC5)s4)ccn3)CC2)nc1C. The van der Waals surface area contributed by atoms with Gasteiger partial charge in [-0.1, -0.05) is 0 Å². The van der Waals surface area contributed by atoms with Gasteiger partial charge < -0.3 is 15.2 Å². The summed E-state index contributed by atoms with van der Waals surface area (Å²) in [5, 5.41) is 12.7. The van der Waals surface area contributed by atoms with Crippen LogP contribution in [0.5, 0.6) is 5.75 Å². The molecule has 3 aromatic heterocycles. The molecule has 3 aliphatic carbocycles. The Kier molecular flexibility index (Phi) is 9.44. The molecular formula is C34H43N5O4S. The summed E-state index contributed by atoms with van der Waals surface area (Å²) in [4.78, 5) is 42.5. The molecule has 2 N–H and O–H groups in total. The maximum absolute atomic E-state index is 14.2. The van der Waals surface area contributed by atoms with Crippen LogP contribution in [0, 0.1) is 24.7 Å². The van der Waals surface area contributed by atoms with E-state index in [9.17, 15) is 9.59 Å². The van der Waals surface area contributed by atoms with E-state index in [-0.39, 0.29) is 17.7 Å². The molecule has 0 unspecified atom stereocenters. The van der Waals surface area contributed by atoms with Gasteiger partial charge in [-0.25, -0.2) is 14.8 Å². The minimum absolute atomic E-state index is 0.0748. The highest BCUT2D eigenvalue weighted by Crippen LogP contribution is 2.44. The van der Waals surface area contributed by atoms with Gasteiger partial charge in [-0.15, -0.1) is 11.3 Å². The normalized spacial score (nSPS) is 23.6. The van der Waals surface area contributed by atoms with Crippen molar-refractivity contribution in [2.24, 2.45) is 17.8 Å². The Balaban J connectivity index is 1.17. The maximum Gasteiger partial charge on any atom is 0.404 e. The van der Waals surface area contributed by atoms with Gasteiger partial charge in [-0.3, -0.25) is 14.7 Å². The van der Waals surface area contributed by atoms with Crippen LogP contribution in [0.4, 0.5) is 10.6 Å². The zero-order valence-electron chi connectivity index (χ0n) is 25.7. The van der Waals surface area contributed by atoms with Gasteiger partial charge in [-0.05, 0) is 113 Å². The lowest BCUT2D eigenvalue weighted by Crippen LogP contribution is -2.42. The summed E-state index contributed by atoms with van der Waals surface area (Å²) in [6.07, 6.45) is 12.7. The monoisotopic (exact) mass is 617 g/mol. The molecule has 3 saturated carbocycles. The largest absolute Gasteiger partial charge is 0.495 e. The zero-order valence-corrected chi connectivity index (χ0v) is 26.5. The molecule has 6 rings (SSSR count). The third kappa shape index (κ3) is 7.22. The van der Waals surface area contributed by atoms with Gasteiger partial charge in [0.15, 0.2) is 0 Å². The molecule has 0 spiro atoms. The highest BCUT2D eigenvalue weighted by atomic mass is 32.1. The van der Waals surface area contributed by atoms with E-state index >= 15 is 0 Å². The number of ether oxygens (including phenoxy) is 1. The summed E-state index contributed by atoms with van der Waals surface area (Å²) in [6.45, 7) is 3.11. The summed E-state index contributed by atoms with van der Waals surface area (Å²) in [7, 11) is 1.68. The Labute approximate surface area is 263 Å². The number of hydrogen-bond acceptors (Lipinski definition) is 7. The topological polar surface area (TPSA) is 118 Å². The number of carbonyl (C=O) groups excluding carboxylic acids is 1. The average molecular weight is 618 g/mol. The Morgan fingerprint density at radius 2 is 1.70 bits per heavy atom. The summed E-state index contributed by atoms with van der Waals surface area (Å²) in [5.41, 5.74) is 3.12. The van der Waals surface area contributed by atoms with Crippen LogP contribution in [-0.2, 0) is 4.79 Å². The number of rotatable bonds is 10. The second kappa shape index (κ2) is 13.6. The molecule has 3 aliphatic rings. The average Bonchev–Trinajstić information content (AvgIpc) is 3.78. The molecule has 3 heterocycles. The number of nitrogens with one attached hydrogen (secondary N) is 1. The molecule has 2 amide bonds. The fourth-order valence-electron chi connectivity index (χ4n) is 6.93. The lowest BCUT2D eigenvalue weighted by molar-refractivity contribution is -0.123.